The zero-order chi connectivity index (χ0) is 14.0. The summed E-state index contributed by atoms with van der Waals surface area (Å²) in [5.41, 5.74) is 0.756. The van der Waals surface area contributed by atoms with Crippen LogP contribution < -0.4 is 5.32 Å². The largest absolute Gasteiger partial charge is 0.508 e. The van der Waals surface area contributed by atoms with Crippen LogP contribution in [0.1, 0.15) is 10.4 Å². The van der Waals surface area contributed by atoms with Gasteiger partial charge in [0.1, 0.15) is 11.5 Å². The van der Waals surface area contributed by atoms with Crippen LogP contribution in [0.3, 0.4) is 0 Å². The van der Waals surface area contributed by atoms with E-state index < -0.39 is 5.91 Å². The molecular weight excluding hydrogens is 378 g/mol. The Balaban J connectivity index is 2.28. The Morgan fingerprint density at radius 3 is 2.26 bits per heavy atom. The lowest BCUT2D eigenvalue weighted by atomic mass is 10.2. The van der Waals surface area contributed by atoms with Crippen LogP contribution in [0.25, 0.3) is 0 Å². The molecule has 6 heteroatoms. The smallest absolute Gasteiger partial charge is 0.255 e. The highest BCUT2D eigenvalue weighted by atomic mass is 79.9. The molecule has 0 aliphatic rings. The van der Waals surface area contributed by atoms with Crippen molar-refractivity contribution in [3.63, 3.8) is 0 Å². The molecule has 0 aromatic heterocycles. The molecule has 0 bridgehead atoms. The van der Waals surface area contributed by atoms with Crippen molar-refractivity contribution < 1.29 is 15.0 Å². The Hall–Kier alpha value is -1.53. The van der Waals surface area contributed by atoms with Gasteiger partial charge in [-0.05, 0) is 46.3 Å². The summed E-state index contributed by atoms with van der Waals surface area (Å²) in [6.45, 7) is 0. The molecule has 0 saturated carbocycles. The standard InChI is InChI=1S/C13H9Br2NO3/c14-8-1-2-11(15)12(5-8)16-13(19)7-3-9(17)6-10(18)4-7/h1-6,17-18H,(H,16,19). The minimum Gasteiger partial charge on any atom is -0.508 e. The van der Waals surface area contributed by atoms with Crippen LogP contribution in [-0.4, -0.2) is 16.1 Å². The first kappa shape index (κ1) is 13.9. The van der Waals surface area contributed by atoms with E-state index in [-0.39, 0.29) is 17.1 Å². The predicted molar refractivity (Wildman–Crippen MR) is 79.6 cm³/mol. The third-order valence-corrected chi connectivity index (χ3v) is 3.53. The van der Waals surface area contributed by atoms with Crippen molar-refractivity contribution >= 4 is 43.5 Å². The molecule has 3 N–H and O–H groups in total. The number of hydrogen-bond donors (Lipinski definition) is 3. The number of amides is 1. The zero-order valence-electron chi connectivity index (χ0n) is 9.52. The van der Waals surface area contributed by atoms with E-state index in [1.54, 1.807) is 12.1 Å². The lowest BCUT2D eigenvalue weighted by Gasteiger charge is -2.08. The van der Waals surface area contributed by atoms with Gasteiger partial charge in [0.2, 0.25) is 0 Å². The number of aromatic hydroxyl groups is 2. The molecule has 2 aromatic rings. The highest BCUT2D eigenvalue weighted by Gasteiger charge is 2.11. The number of halogens is 2. The summed E-state index contributed by atoms with van der Waals surface area (Å²) in [4.78, 5) is 12.0. The molecule has 0 aliphatic carbocycles. The highest BCUT2D eigenvalue weighted by Crippen LogP contribution is 2.27. The van der Waals surface area contributed by atoms with Crippen LogP contribution >= 0.6 is 31.9 Å². The van der Waals surface area contributed by atoms with E-state index in [0.717, 1.165) is 15.0 Å². The van der Waals surface area contributed by atoms with Crippen molar-refractivity contribution in [1.29, 1.82) is 0 Å². The van der Waals surface area contributed by atoms with E-state index in [4.69, 9.17) is 0 Å². The fourth-order valence-corrected chi connectivity index (χ4v) is 2.22. The van der Waals surface area contributed by atoms with Gasteiger partial charge in [-0.25, -0.2) is 0 Å². The number of carbonyl (C=O) groups is 1. The first-order valence-electron chi connectivity index (χ1n) is 5.25. The van der Waals surface area contributed by atoms with E-state index in [9.17, 15) is 15.0 Å². The summed E-state index contributed by atoms with van der Waals surface area (Å²) in [5.74, 6) is -0.762. The van der Waals surface area contributed by atoms with Crippen molar-refractivity contribution in [2.75, 3.05) is 5.32 Å². The summed E-state index contributed by atoms with van der Waals surface area (Å²) < 4.78 is 1.55. The van der Waals surface area contributed by atoms with Gasteiger partial charge in [0, 0.05) is 20.6 Å². The molecule has 1 amide bonds. The fourth-order valence-electron chi connectivity index (χ4n) is 1.51. The quantitative estimate of drug-likeness (QED) is 0.733. The number of carbonyl (C=O) groups excluding carboxylic acids is 1. The molecule has 19 heavy (non-hydrogen) atoms. The van der Waals surface area contributed by atoms with Crippen LogP contribution in [-0.2, 0) is 0 Å². The number of phenols is 2. The number of hydrogen-bond acceptors (Lipinski definition) is 3. The SMILES string of the molecule is O=C(Nc1cc(Br)ccc1Br)c1cc(O)cc(O)c1. The molecule has 0 unspecified atom stereocenters. The molecule has 0 spiro atoms. The van der Waals surface area contributed by atoms with Gasteiger partial charge in [0.25, 0.3) is 5.91 Å². The number of anilines is 1. The summed E-state index contributed by atoms with van der Waals surface area (Å²) >= 11 is 6.64. The Kier molecular flexibility index (Phi) is 4.11. The van der Waals surface area contributed by atoms with Crippen LogP contribution in [0, 0.1) is 0 Å². The fraction of sp³-hybridized carbons (Fsp3) is 0. The molecule has 0 atom stereocenters. The first-order valence-corrected chi connectivity index (χ1v) is 6.84. The molecule has 98 valence electrons. The topological polar surface area (TPSA) is 69.6 Å². The third-order valence-electron chi connectivity index (χ3n) is 2.34. The molecule has 0 fully saturated rings. The lowest BCUT2D eigenvalue weighted by molar-refractivity contribution is 0.102. The van der Waals surface area contributed by atoms with E-state index >= 15 is 0 Å². The second kappa shape index (κ2) is 5.63. The van der Waals surface area contributed by atoms with Crippen LogP contribution in [0.2, 0.25) is 0 Å². The van der Waals surface area contributed by atoms with E-state index in [1.807, 2.05) is 6.07 Å². The van der Waals surface area contributed by atoms with E-state index in [1.165, 1.54) is 12.1 Å². The Bertz CT molecular complexity index is 624. The van der Waals surface area contributed by atoms with E-state index in [2.05, 4.69) is 37.2 Å². The van der Waals surface area contributed by atoms with Gasteiger partial charge in [-0.15, -0.1) is 0 Å². The van der Waals surface area contributed by atoms with Crippen molar-refractivity contribution in [3.05, 3.63) is 50.9 Å². The molecular formula is C13H9Br2NO3. The molecule has 2 rings (SSSR count). The van der Waals surface area contributed by atoms with Gasteiger partial charge in [-0.2, -0.15) is 0 Å². The van der Waals surface area contributed by atoms with Crippen LogP contribution in [0.5, 0.6) is 11.5 Å². The van der Waals surface area contributed by atoms with Gasteiger partial charge >= 0.3 is 0 Å². The highest BCUT2D eigenvalue weighted by molar-refractivity contribution is 9.11. The molecule has 2 aromatic carbocycles. The zero-order valence-corrected chi connectivity index (χ0v) is 12.7. The van der Waals surface area contributed by atoms with Crippen LogP contribution in [0.4, 0.5) is 5.69 Å². The molecule has 4 nitrogen and oxygen atoms in total. The van der Waals surface area contributed by atoms with Crippen LogP contribution in [0.15, 0.2) is 45.3 Å². The average molecular weight is 387 g/mol. The van der Waals surface area contributed by atoms with Gasteiger partial charge in [0.15, 0.2) is 0 Å². The van der Waals surface area contributed by atoms with Crippen molar-refractivity contribution in [2.45, 2.75) is 0 Å². The monoisotopic (exact) mass is 385 g/mol. The summed E-state index contributed by atoms with van der Waals surface area (Å²) in [6.07, 6.45) is 0. The Morgan fingerprint density at radius 1 is 1.00 bits per heavy atom. The minimum absolute atomic E-state index is 0.168. The van der Waals surface area contributed by atoms with Crippen molar-refractivity contribution in [2.24, 2.45) is 0 Å². The van der Waals surface area contributed by atoms with Gasteiger partial charge < -0.3 is 15.5 Å². The minimum atomic E-state index is -0.426. The van der Waals surface area contributed by atoms with Gasteiger partial charge in [0.05, 0.1) is 5.69 Å². The molecule has 0 aliphatic heterocycles. The average Bonchev–Trinajstić information content (AvgIpc) is 2.32. The predicted octanol–water partition coefficient (Wildman–Crippen LogP) is 3.88. The number of benzene rings is 2. The second-order valence-corrected chi connectivity index (χ2v) is 5.59. The summed E-state index contributed by atoms with van der Waals surface area (Å²) in [6, 6.07) is 9.08. The van der Waals surface area contributed by atoms with Gasteiger partial charge in [-0.3, -0.25) is 4.79 Å². The third kappa shape index (κ3) is 3.48. The molecule has 0 radical (unpaired) electrons. The first-order chi connectivity index (χ1) is 8.95. The summed E-state index contributed by atoms with van der Waals surface area (Å²) in [5, 5.41) is 21.4. The number of phenolic OH excluding ortho intramolecular Hbond substituents is 2. The maximum atomic E-state index is 12.0. The van der Waals surface area contributed by atoms with Crippen molar-refractivity contribution in [3.8, 4) is 11.5 Å². The maximum absolute atomic E-state index is 12.0. The van der Waals surface area contributed by atoms with E-state index in [0.29, 0.717) is 5.69 Å². The second-order valence-electron chi connectivity index (χ2n) is 3.82. The maximum Gasteiger partial charge on any atom is 0.255 e. The number of rotatable bonds is 2. The number of nitrogens with one attached hydrogen (secondary N) is 1. The molecule has 0 heterocycles. The summed E-state index contributed by atoms with van der Waals surface area (Å²) in [7, 11) is 0. The Morgan fingerprint density at radius 2 is 1.63 bits per heavy atom. The normalized spacial score (nSPS) is 10.2. The lowest BCUT2D eigenvalue weighted by Crippen LogP contribution is -2.12. The Labute approximate surface area is 126 Å². The molecule has 0 saturated heterocycles. The van der Waals surface area contributed by atoms with Crippen molar-refractivity contribution in [1.82, 2.24) is 0 Å². The van der Waals surface area contributed by atoms with Gasteiger partial charge in [-0.1, -0.05) is 15.9 Å².